The van der Waals surface area contributed by atoms with Crippen LogP contribution in [0.1, 0.15) is 44.2 Å². The van der Waals surface area contributed by atoms with Gasteiger partial charge in [0.25, 0.3) is 0 Å². The normalized spacial score (nSPS) is 20.8. The van der Waals surface area contributed by atoms with Crippen LogP contribution in [0, 0.1) is 11.8 Å². The van der Waals surface area contributed by atoms with Crippen LogP contribution in [0.4, 0.5) is 0 Å². The summed E-state index contributed by atoms with van der Waals surface area (Å²) in [5.41, 5.74) is 6.17. The number of rotatable bonds is 5. The average molecular weight is 246 g/mol. The first-order chi connectivity index (χ1) is 8.80. The first-order valence-corrected chi connectivity index (χ1v) is 7.33. The maximum absolute atomic E-state index is 5.83. The van der Waals surface area contributed by atoms with Gasteiger partial charge >= 0.3 is 0 Å². The van der Waals surface area contributed by atoms with Crippen LogP contribution in [0.2, 0.25) is 0 Å². The minimum atomic E-state index is 0.466. The Morgan fingerprint density at radius 2 is 1.89 bits per heavy atom. The van der Waals surface area contributed by atoms with E-state index < -0.39 is 0 Å². The van der Waals surface area contributed by atoms with Crippen molar-refractivity contribution in [3.8, 4) is 0 Å². The number of hydrogen-bond acceptors (Lipinski definition) is 2. The zero-order valence-corrected chi connectivity index (χ0v) is 11.7. The SMILES string of the molecule is CCC(CC)C(NN)C1CCc2ccccc2C1. The van der Waals surface area contributed by atoms with Crippen LogP contribution in [0.3, 0.4) is 0 Å². The lowest BCUT2D eigenvalue weighted by molar-refractivity contribution is 0.227. The molecule has 2 rings (SSSR count). The molecule has 100 valence electrons. The lowest BCUT2D eigenvalue weighted by Gasteiger charge is -2.35. The zero-order chi connectivity index (χ0) is 13.0. The van der Waals surface area contributed by atoms with E-state index in [4.69, 9.17) is 5.84 Å². The molecule has 0 bridgehead atoms. The molecular formula is C16H26N2. The third-order valence-corrected chi connectivity index (χ3v) is 4.64. The smallest absolute Gasteiger partial charge is 0.0270 e. The van der Waals surface area contributed by atoms with Gasteiger partial charge in [0, 0.05) is 6.04 Å². The third-order valence-electron chi connectivity index (χ3n) is 4.64. The summed E-state index contributed by atoms with van der Waals surface area (Å²) < 4.78 is 0. The predicted molar refractivity (Wildman–Crippen MR) is 77.1 cm³/mol. The van der Waals surface area contributed by atoms with Crippen molar-refractivity contribution in [2.75, 3.05) is 0 Å². The molecule has 0 heterocycles. The van der Waals surface area contributed by atoms with Gasteiger partial charge in [-0.3, -0.25) is 11.3 Å². The van der Waals surface area contributed by atoms with Gasteiger partial charge in [0.05, 0.1) is 0 Å². The largest absolute Gasteiger partial charge is 0.271 e. The van der Waals surface area contributed by atoms with Crippen LogP contribution in [-0.2, 0) is 12.8 Å². The van der Waals surface area contributed by atoms with Crippen LogP contribution in [0.5, 0.6) is 0 Å². The minimum absolute atomic E-state index is 0.466. The highest BCUT2D eigenvalue weighted by molar-refractivity contribution is 5.30. The van der Waals surface area contributed by atoms with Gasteiger partial charge in [-0.2, -0.15) is 0 Å². The van der Waals surface area contributed by atoms with Crippen LogP contribution < -0.4 is 11.3 Å². The number of hydrogen-bond donors (Lipinski definition) is 2. The molecule has 0 radical (unpaired) electrons. The highest BCUT2D eigenvalue weighted by atomic mass is 15.2. The quantitative estimate of drug-likeness (QED) is 0.619. The summed E-state index contributed by atoms with van der Waals surface area (Å²) in [5, 5.41) is 0. The maximum Gasteiger partial charge on any atom is 0.0270 e. The van der Waals surface area contributed by atoms with Gasteiger partial charge in [-0.05, 0) is 42.2 Å². The Balaban J connectivity index is 2.11. The molecule has 0 aromatic heterocycles. The van der Waals surface area contributed by atoms with Gasteiger partial charge in [0.1, 0.15) is 0 Å². The molecule has 0 aliphatic heterocycles. The Kier molecular flexibility index (Phi) is 4.79. The van der Waals surface area contributed by atoms with Crippen molar-refractivity contribution in [2.24, 2.45) is 17.7 Å². The zero-order valence-electron chi connectivity index (χ0n) is 11.7. The molecule has 0 spiro atoms. The Hall–Kier alpha value is -0.860. The van der Waals surface area contributed by atoms with Gasteiger partial charge in [0.2, 0.25) is 0 Å². The van der Waals surface area contributed by atoms with E-state index in [2.05, 4.69) is 43.5 Å². The summed E-state index contributed by atoms with van der Waals surface area (Å²) in [6, 6.07) is 9.32. The van der Waals surface area contributed by atoms with E-state index in [1.807, 2.05) is 0 Å². The lowest BCUT2D eigenvalue weighted by atomic mass is 9.75. The second kappa shape index (κ2) is 6.35. The molecule has 2 heteroatoms. The average Bonchev–Trinajstić information content (AvgIpc) is 2.44. The van der Waals surface area contributed by atoms with Crippen molar-refractivity contribution in [3.63, 3.8) is 0 Å². The molecule has 0 saturated carbocycles. The summed E-state index contributed by atoms with van der Waals surface area (Å²) in [6.07, 6.45) is 6.08. The molecule has 2 unspecified atom stereocenters. The molecule has 1 aromatic rings. The maximum atomic E-state index is 5.83. The van der Waals surface area contributed by atoms with E-state index in [-0.39, 0.29) is 0 Å². The molecule has 18 heavy (non-hydrogen) atoms. The molecule has 1 aliphatic rings. The topological polar surface area (TPSA) is 38.0 Å². The highest BCUT2D eigenvalue weighted by Crippen LogP contribution is 2.31. The van der Waals surface area contributed by atoms with E-state index in [1.54, 1.807) is 0 Å². The summed E-state index contributed by atoms with van der Waals surface area (Å²) in [4.78, 5) is 0. The third kappa shape index (κ3) is 2.76. The molecular weight excluding hydrogens is 220 g/mol. The van der Waals surface area contributed by atoms with E-state index >= 15 is 0 Å². The van der Waals surface area contributed by atoms with Crippen LogP contribution in [0.15, 0.2) is 24.3 Å². The number of nitrogens with two attached hydrogens (primary N) is 1. The molecule has 0 fully saturated rings. The molecule has 1 aliphatic carbocycles. The van der Waals surface area contributed by atoms with Crippen molar-refractivity contribution in [2.45, 2.75) is 52.0 Å². The Labute approximate surface area is 111 Å². The second-order valence-corrected chi connectivity index (χ2v) is 5.54. The van der Waals surface area contributed by atoms with Crippen molar-refractivity contribution in [1.29, 1.82) is 0 Å². The fraction of sp³-hybridized carbons (Fsp3) is 0.625. The molecule has 3 N–H and O–H groups in total. The first-order valence-electron chi connectivity index (χ1n) is 7.33. The number of benzene rings is 1. The van der Waals surface area contributed by atoms with Crippen LogP contribution >= 0.6 is 0 Å². The monoisotopic (exact) mass is 246 g/mol. The molecule has 1 aromatic carbocycles. The van der Waals surface area contributed by atoms with E-state index in [0.29, 0.717) is 17.9 Å². The van der Waals surface area contributed by atoms with Gasteiger partial charge < -0.3 is 0 Å². The fourth-order valence-electron chi connectivity index (χ4n) is 3.49. The Morgan fingerprint density at radius 3 is 2.50 bits per heavy atom. The van der Waals surface area contributed by atoms with Gasteiger partial charge in [-0.15, -0.1) is 0 Å². The Bertz CT molecular complexity index is 371. The van der Waals surface area contributed by atoms with E-state index in [1.165, 1.54) is 43.2 Å². The number of aryl methyl sites for hydroxylation is 1. The molecule has 0 saturated heterocycles. The number of fused-ring (bicyclic) bond motifs is 1. The van der Waals surface area contributed by atoms with Gasteiger partial charge in [-0.1, -0.05) is 51.0 Å². The Morgan fingerprint density at radius 1 is 1.22 bits per heavy atom. The molecule has 2 atom stereocenters. The summed E-state index contributed by atoms with van der Waals surface area (Å²) in [7, 11) is 0. The van der Waals surface area contributed by atoms with E-state index in [0.717, 1.165) is 0 Å². The van der Waals surface area contributed by atoms with Crippen molar-refractivity contribution >= 4 is 0 Å². The number of nitrogens with one attached hydrogen (secondary N) is 1. The molecule has 2 nitrogen and oxygen atoms in total. The highest BCUT2D eigenvalue weighted by Gasteiger charge is 2.29. The summed E-state index contributed by atoms with van der Waals surface area (Å²) >= 11 is 0. The molecule has 0 amide bonds. The van der Waals surface area contributed by atoms with Crippen LogP contribution in [-0.4, -0.2) is 6.04 Å². The van der Waals surface area contributed by atoms with Gasteiger partial charge in [0.15, 0.2) is 0 Å². The summed E-state index contributed by atoms with van der Waals surface area (Å²) in [6.45, 7) is 4.55. The van der Waals surface area contributed by atoms with Crippen LogP contribution in [0.25, 0.3) is 0 Å². The van der Waals surface area contributed by atoms with Crippen molar-refractivity contribution in [1.82, 2.24) is 5.43 Å². The van der Waals surface area contributed by atoms with E-state index in [9.17, 15) is 0 Å². The summed E-state index contributed by atoms with van der Waals surface area (Å²) in [5.74, 6) is 7.21. The number of hydrazine groups is 1. The lowest BCUT2D eigenvalue weighted by Crippen LogP contribution is -2.47. The second-order valence-electron chi connectivity index (χ2n) is 5.54. The first kappa shape index (κ1) is 13.6. The van der Waals surface area contributed by atoms with Crippen molar-refractivity contribution < 1.29 is 0 Å². The predicted octanol–water partition coefficient (Wildman–Crippen LogP) is 3.06. The van der Waals surface area contributed by atoms with Gasteiger partial charge in [-0.25, -0.2) is 0 Å². The standard InChI is InChI=1S/C16H26N2/c1-3-12(4-2)16(18-17)15-10-9-13-7-5-6-8-14(13)11-15/h5-8,12,15-16,18H,3-4,9-11,17H2,1-2H3. The van der Waals surface area contributed by atoms with Crippen molar-refractivity contribution in [3.05, 3.63) is 35.4 Å². The minimum Gasteiger partial charge on any atom is -0.271 e. The fourth-order valence-corrected chi connectivity index (χ4v) is 3.49.